The molecule has 0 radical (unpaired) electrons. The van der Waals surface area contributed by atoms with E-state index < -0.39 is 0 Å². The van der Waals surface area contributed by atoms with Crippen LogP contribution in [0.4, 0.5) is 0 Å². The number of benzene rings is 1. The first-order chi connectivity index (χ1) is 7.88. The fourth-order valence-corrected chi connectivity index (χ4v) is 1.61. The van der Waals surface area contributed by atoms with E-state index >= 15 is 0 Å². The third-order valence-corrected chi connectivity index (χ3v) is 2.35. The van der Waals surface area contributed by atoms with Crippen molar-refractivity contribution < 1.29 is 0 Å². The topological polar surface area (TPSA) is 36.7 Å². The lowest BCUT2D eigenvalue weighted by Crippen LogP contribution is -1.95. The minimum absolute atomic E-state index is 0.378. The standard InChI is InChI=1S/C14H12N2/c15-10-9-13-7-4-8-14(16-13)11-12-5-2-1-3-6-12/h1-8H,9,11H2. The van der Waals surface area contributed by atoms with E-state index in [1.807, 2.05) is 36.4 Å². The minimum Gasteiger partial charge on any atom is -0.256 e. The molecule has 0 aliphatic carbocycles. The van der Waals surface area contributed by atoms with Crippen molar-refractivity contribution in [1.29, 1.82) is 5.26 Å². The van der Waals surface area contributed by atoms with Gasteiger partial charge in [-0.15, -0.1) is 0 Å². The van der Waals surface area contributed by atoms with Crippen molar-refractivity contribution in [3.63, 3.8) is 0 Å². The zero-order valence-electron chi connectivity index (χ0n) is 8.93. The second kappa shape index (κ2) is 5.09. The van der Waals surface area contributed by atoms with Crippen molar-refractivity contribution in [2.75, 3.05) is 0 Å². The van der Waals surface area contributed by atoms with Gasteiger partial charge < -0.3 is 0 Å². The normalized spacial score (nSPS) is 9.69. The molecule has 1 aromatic carbocycles. The summed E-state index contributed by atoms with van der Waals surface area (Å²) in [6, 6.07) is 18.2. The number of hydrogen-bond acceptors (Lipinski definition) is 2. The summed E-state index contributed by atoms with van der Waals surface area (Å²) in [4.78, 5) is 4.44. The number of nitrogens with zero attached hydrogens (tertiary/aromatic N) is 2. The summed E-state index contributed by atoms with van der Waals surface area (Å²) < 4.78 is 0. The Labute approximate surface area is 95.2 Å². The predicted octanol–water partition coefficient (Wildman–Crippen LogP) is 2.74. The average molecular weight is 208 g/mol. The van der Waals surface area contributed by atoms with Crippen LogP contribution in [0.2, 0.25) is 0 Å². The molecule has 0 N–H and O–H groups in total. The summed E-state index contributed by atoms with van der Waals surface area (Å²) in [6.45, 7) is 0. The molecule has 0 saturated carbocycles. The van der Waals surface area contributed by atoms with Gasteiger partial charge in [0, 0.05) is 12.1 Å². The van der Waals surface area contributed by atoms with Crippen molar-refractivity contribution in [1.82, 2.24) is 4.98 Å². The summed E-state index contributed by atoms with van der Waals surface area (Å²) in [7, 11) is 0. The predicted molar refractivity (Wildman–Crippen MR) is 62.8 cm³/mol. The monoisotopic (exact) mass is 208 g/mol. The van der Waals surface area contributed by atoms with Crippen LogP contribution < -0.4 is 0 Å². The Morgan fingerprint density at radius 3 is 2.44 bits per heavy atom. The van der Waals surface area contributed by atoms with Crippen LogP contribution in [0.1, 0.15) is 17.0 Å². The Morgan fingerprint density at radius 1 is 0.938 bits per heavy atom. The molecule has 0 bridgehead atoms. The van der Waals surface area contributed by atoms with E-state index in [9.17, 15) is 0 Å². The van der Waals surface area contributed by atoms with Crippen molar-refractivity contribution in [2.24, 2.45) is 0 Å². The first-order valence-electron chi connectivity index (χ1n) is 5.24. The minimum atomic E-state index is 0.378. The van der Waals surface area contributed by atoms with E-state index in [1.165, 1.54) is 5.56 Å². The van der Waals surface area contributed by atoms with Crippen LogP contribution in [0, 0.1) is 11.3 Å². The maximum Gasteiger partial charge on any atom is 0.0774 e. The molecule has 0 aliphatic rings. The molecule has 2 heteroatoms. The largest absolute Gasteiger partial charge is 0.256 e. The summed E-state index contributed by atoms with van der Waals surface area (Å²) >= 11 is 0. The fraction of sp³-hybridized carbons (Fsp3) is 0.143. The van der Waals surface area contributed by atoms with Crippen LogP contribution in [0.25, 0.3) is 0 Å². The van der Waals surface area contributed by atoms with Crippen LogP contribution in [-0.2, 0) is 12.8 Å². The summed E-state index contributed by atoms with van der Waals surface area (Å²) in [6.07, 6.45) is 1.20. The highest BCUT2D eigenvalue weighted by molar-refractivity contribution is 5.23. The zero-order chi connectivity index (χ0) is 11.2. The van der Waals surface area contributed by atoms with E-state index in [2.05, 4.69) is 23.2 Å². The lowest BCUT2D eigenvalue weighted by molar-refractivity contribution is 1.01. The molecule has 0 unspecified atom stereocenters. The van der Waals surface area contributed by atoms with Gasteiger partial charge in [0.1, 0.15) is 0 Å². The van der Waals surface area contributed by atoms with Crippen LogP contribution in [0.3, 0.4) is 0 Å². The highest BCUT2D eigenvalue weighted by Crippen LogP contribution is 2.07. The van der Waals surface area contributed by atoms with Crippen molar-refractivity contribution in [2.45, 2.75) is 12.8 Å². The van der Waals surface area contributed by atoms with Crippen LogP contribution >= 0.6 is 0 Å². The van der Waals surface area contributed by atoms with Crippen molar-refractivity contribution >= 4 is 0 Å². The Kier molecular flexibility index (Phi) is 3.30. The molecule has 1 heterocycles. The van der Waals surface area contributed by atoms with Gasteiger partial charge in [0.15, 0.2) is 0 Å². The Morgan fingerprint density at radius 2 is 1.69 bits per heavy atom. The van der Waals surface area contributed by atoms with Gasteiger partial charge in [0.05, 0.1) is 18.2 Å². The number of aromatic nitrogens is 1. The van der Waals surface area contributed by atoms with Gasteiger partial charge in [-0.3, -0.25) is 4.98 Å². The van der Waals surface area contributed by atoms with Gasteiger partial charge in [0.2, 0.25) is 0 Å². The molecule has 0 amide bonds. The van der Waals surface area contributed by atoms with Gasteiger partial charge in [-0.25, -0.2) is 0 Å². The highest BCUT2D eigenvalue weighted by atomic mass is 14.7. The van der Waals surface area contributed by atoms with Gasteiger partial charge in [-0.2, -0.15) is 5.26 Å². The number of pyridine rings is 1. The van der Waals surface area contributed by atoms with Crippen molar-refractivity contribution in [3.8, 4) is 6.07 Å². The van der Waals surface area contributed by atoms with Crippen molar-refractivity contribution in [3.05, 3.63) is 65.5 Å². The first-order valence-corrected chi connectivity index (χ1v) is 5.24. The molecule has 0 fully saturated rings. The molecular formula is C14H12N2. The van der Waals surface area contributed by atoms with Gasteiger partial charge in [-0.1, -0.05) is 36.4 Å². The maximum absolute atomic E-state index is 8.61. The number of nitriles is 1. The van der Waals surface area contributed by atoms with Crippen LogP contribution in [0.5, 0.6) is 0 Å². The van der Waals surface area contributed by atoms with Gasteiger partial charge in [0.25, 0.3) is 0 Å². The molecule has 2 nitrogen and oxygen atoms in total. The summed E-state index contributed by atoms with van der Waals surface area (Å²) in [5.74, 6) is 0. The molecule has 0 saturated heterocycles. The highest BCUT2D eigenvalue weighted by Gasteiger charge is 1.99. The second-order valence-corrected chi connectivity index (χ2v) is 3.62. The van der Waals surface area contributed by atoms with E-state index in [-0.39, 0.29) is 0 Å². The smallest absolute Gasteiger partial charge is 0.0774 e. The Hall–Kier alpha value is -2.14. The van der Waals surface area contributed by atoms with Crippen LogP contribution in [-0.4, -0.2) is 4.98 Å². The van der Waals surface area contributed by atoms with Gasteiger partial charge >= 0.3 is 0 Å². The SMILES string of the molecule is N#CCc1cccc(Cc2ccccc2)n1. The quantitative estimate of drug-likeness (QED) is 0.777. The molecule has 1 aromatic heterocycles. The molecule has 2 aromatic rings. The summed E-state index contributed by atoms with van der Waals surface area (Å²) in [5, 5.41) is 8.61. The summed E-state index contributed by atoms with van der Waals surface area (Å²) in [5.41, 5.74) is 3.10. The fourth-order valence-electron chi connectivity index (χ4n) is 1.61. The third kappa shape index (κ3) is 2.68. The van der Waals surface area contributed by atoms with E-state index in [0.29, 0.717) is 6.42 Å². The lowest BCUT2D eigenvalue weighted by Gasteiger charge is -2.02. The lowest BCUT2D eigenvalue weighted by atomic mass is 10.1. The average Bonchev–Trinajstić information content (AvgIpc) is 2.31. The second-order valence-electron chi connectivity index (χ2n) is 3.62. The molecule has 0 atom stereocenters. The van der Waals surface area contributed by atoms with E-state index in [0.717, 1.165) is 17.8 Å². The maximum atomic E-state index is 8.61. The number of rotatable bonds is 3. The van der Waals surface area contributed by atoms with E-state index in [4.69, 9.17) is 5.26 Å². The first kappa shape index (κ1) is 10.4. The van der Waals surface area contributed by atoms with Gasteiger partial charge in [-0.05, 0) is 17.7 Å². The third-order valence-electron chi connectivity index (χ3n) is 2.35. The van der Waals surface area contributed by atoms with Crippen LogP contribution in [0.15, 0.2) is 48.5 Å². The Bertz CT molecular complexity index is 498. The Balaban J connectivity index is 2.16. The molecule has 2 rings (SSSR count). The van der Waals surface area contributed by atoms with E-state index in [1.54, 1.807) is 0 Å². The zero-order valence-corrected chi connectivity index (χ0v) is 8.93. The molecule has 0 spiro atoms. The molecule has 78 valence electrons. The number of hydrogen-bond donors (Lipinski definition) is 0. The molecular weight excluding hydrogens is 196 g/mol. The molecule has 16 heavy (non-hydrogen) atoms. The molecule has 0 aliphatic heterocycles.